The van der Waals surface area contributed by atoms with Crippen LogP contribution in [-0.2, 0) is 10.0 Å². The number of aromatic nitrogens is 4. The lowest BCUT2D eigenvalue weighted by atomic mass is 10.2. The normalized spacial score (nSPS) is 15.6. The number of anilines is 1. The lowest BCUT2D eigenvalue weighted by Crippen LogP contribution is -2.37. The van der Waals surface area contributed by atoms with E-state index in [1.54, 1.807) is 24.7 Å². The van der Waals surface area contributed by atoms with E-state index in [1.165, 1.54) is 24.3 Å². The Morgan fingerprint density at radius 2 is 1.80 bits per heavy atom. The zero-order chi connectivity index (χ0) is 28.7. The average Bonchev–Trinajstić information content (AvgIpc) is 3.61. The Balaban J connectivity index is 1.28. The quantitative estimate of drug-likeness (QED) is 0.268. The van der Waals surface area contributed by atoms with Gasteiger partial charge in [0.25, 0.3) is 0 Å². The van der Waals surface area contributed by atoms with Crippen molar-refractivity contribution in [3.8, 4) is 11.4 Å². The molecule has 40 heavy (non-hydrogen) atoms. The Hall–Kier alpha value is -3.58. The van der Waals surface area contributed by atoms with Gasteiger partial charge in [-0.05, 0) is 70.0 Å². The molecule has 2 N–H and O–H groups in total. The van der Waals surface area contributed by atoms with Crippen molar-refractivity contribution < 1.29 is 26.3 Å². The molecule has 0 bridgehead atoms. The van der Waals surface area contributed by atoms with E-state index in [0.717, 1.165) is 42.3 Å². The first-order valence-corrected chi connectivity index (χ1v) is 14.6. The smallest absolute Gasteiger partial charge is 0.406 e. The van der Waals surface area contributed by atoms with Crippen LogP contribution in [0.15, 0.2) is 53.6 Å². The van der Waals surface area contributed by atoms with Gasteiger partial charge in [-0.25, -0.2) is 17.8 Å². The number of fused-ring (bicyclic) bond motifs is 1. The van der Waals surface area contributed by atoms with Crippen molar-refractivity contribution in [1.29, 1.82) is 0 Å². The molecule has 4 aromatic rings. The van der Waals surface area contributed by atoms with Crippen LogP contribution in [0, 0.1) is 13.8 Å². The Bertz CT molecular complexity index is 1610. The second-order valence-electron chi connectivity index (χ2n) is 10.1. The zero-order valence-corrected chi connectivity index (χ0v) is 23.2. The Morgan fingerprint density at radius 1 is 1.10 bits per heavy atom. The van der Waals surface area contributed by atoms with Gasteiger partial charge in [-0.2, -0.15) is 10.2 Å². The highest BCUT2D eigenvalue weighted by Crippen LogP contribution is 2.33. The maximum atomic E-state index is 13.3. The highest BCUT2D eigenvalue weighted by atomic mass is 32.2. The zero-order valence-electron chi connectivity index (χ0n) is 22.4. The van der Waals surface area contributed by atoms with Crippen molar-refractivity contribution in [2.75, 3.05) is 11.9 Å². The van der Waals surface area contributed by atoms with E-state index in [9.17, 15) is 21.6 Å². The summed E-state index contributed by atoms with van der Waals surface area (Å²) in [6.07, 6.45) is 1.16. The fourth-order valence-electron chi connectivity index (χ4n) is 5.37. The van der Waals surface area contributed by atoms with E-state index in [1.807, 2.05) is 29.8 Å². The summed E-state index contributed by atoms with van der Waals surface area (Å²) in [6, 6.07) is 10.8. The van der Waals surface area contributed by atoms with Gasteiger partial charge in [-0.15, -0.1) is 13.2 Å². The summed E-state index contributed by atoms with van der Waals surface area (Å²) in [5.41, 5.74) is 3.19. The highest BCUT2D eigenvalue weighted by molar-refractivity contribution is 7.89. The molecule has 2 aromatic carbocycles. The minimum Gasteiger partial charge on any atom is -0.406 e. The predicted molar refractivity (Wildman–Crippen MR) is 145 cm³/mol. The molecule has 5 rings (SSSR count). The van der Waals surface area contributed by atoms with Gasteiger partial charge in [-0.1, -0.05) is 18.9 Å². The van der Waals surface area contributed by atoms with E-state index >= 15 is 0 Å². The number of halogens is 3. The molecule has 13 heteroatoms. The molecule has 0 amide bonds. The van der Waals surface area contributed by atoms with Crippen LogP contribution in [0.4, 0.5) is 18.9 Å². The van der Waals surface area contributed by atoms with E-state index in [-0.39, 0.29) is 16.7 Å². The van der Waals surface area contributed by atoms with Gasteiger partial charge in [0.15, 0.2) is 0 Å². The van der Waals surface area contributed by atoms with Crippen LogP contribution in [0.1, 0.15) is 50.0 Å². The first kappa shape index (κ1) is 28.0. The van der Waals surface area contributed by atoms with Gasteiger partial charge >= 0.3 is 6.36 Å². The van der Waals surface area contributed by atoms with Crippen molar-refractivity contribution in [2.45, 2.75) is 69.8 Å². The number of benzene rings is 2. The molecule has 0 radical (unpaired) electrons. The summed E-state index contributed by atoms with van der Waals surface area (Å²) in [4.78, 5) is 0.237. The summed E-state index contributed by atoms with van der Waals surface area (Å²) in [5.74, 6) is -0.317. The van der Waals surface area contributed by atoms with Crippen molar-refractivity contribution in [3.05, 3.63) is 60.0 Å². The number of rotatable bonds is 9. The molecule has 0 saturated heterocycles. The van der Waals surface area contributed by atoms with Gasteiger partial charge in [0.2, 0.25) is 10.0 Å². The van der Waals surface area contributed by atoms with Crippen LogP contribution in [0.3, 0.4) is 0 Å². The number of hydrogen-bond donors (Lipinski definition) is 2. The first-order chi connectivity index (χ1) is 18.9. The van der Waals surface area contributed by atoms with Crippen molar-refractivity contribution >= 4 is 26.6 Å². The average molecular weight is 577 g/mol. The summed E-state index contributed by atoms with van der Waals surface area (Å²) >= 11 is 0. The minimum absolute atomic E-state index is 0.237. The van der Waals surface area contributed by atoms with Gasteiger partial charge < -0.3 is 10.1 Å². The third kappa shape index (κ3) is 5.80. The van der Waals surface area contributed by atoms with Crippen molar-refractivity contribution in [1.82, 2.24) is 24.3 Å². The van der Waals surface area contributed by atoms with E-state index in [4.69, 9.17) is 0 Å². The summed E-state index contributed by atoms with van der Waals surface area (Å²) in [6.45, 7) is 5.63. The van der Waals surface area contributed by atoms with E-state index in [2.05, 4.69) is 25.0 Å². The molecule has 9 nitrogen and oxygen atoms in total. The number of alkyl halides is 3. The third-order valence-corrected chi connectivity index (χ3v) is 8.92. The Labute approximate surface area is 230 Å². The van der Waals surface area contributed by atoms with E-state index < -0.39 is 22.4 Å². The van der Waals surface area contributed by atoms with Crippen LogP contribution in [0.5, 0.6) is 5.75 Å². The number of hydrogen-bond acceptors (Lipinski definition) is 6. The number of ether oxygens (including phenoxy) is 1. The minimum atomic E-state index is -4.76. The maximum Gasteiger partial charge on any atom is 0.573 e. The van der Waals surface area contributed by atoms with Gasteiger partial charge in [0.05, 0.1) is 34.8 Å². The van der Waals surface area contributed by atoms with Crippen LogP contribution in [0.2, 0.25) is 0 Å². The monoisotopic (exact) mass is 576 g/mol. The molecule has 2 heterocycles. The summed E-state index contributed by atoms with van der Waals surface area (Å²) in [5, 5.41) is 13.0. The Kier molecular flexibility index (Phi) is 7.53. The molecule has 1 fully saturated rings. The molecule has 0 unspecified atom stereocenters. The van der Waals surface area contributed by atoms with Crippen LogP contribution < -0.4 is 14.8 Å². The predicted octanol–water partition coefficient (Wildman–Crippen LogP) is 5.63. The first-order valence-electron chi connectivity index (χ1n) is 13.1. The molecular formula is C27H31F3N6O3S. The largest absolute Gasteiger partial charge is 0.573 e. The third-order valence-electron chi connectivity index (χ3n) is 7.08. The molecular weight excluding hydrogens is 545 g/mol. The molecule has 1 saturated carbocycles. The van der Waals surface area contributed by atoms with Crippen molar-refractivity contribution in [3.63, 3.8) is 0 Å². The second-order valence-corrected chi connectivity index (χ2v) is 11.8. The fraction of sp³-hybridized carbons (Fsp3) is 0.407. The van der Waals surface area contributed by atoms with Crippen LogP contribution >= 0.6 is 0 Å². The number of aryl methyl sites for hydroxylation is 1. The molecule has 1 aliphatic rings. The van der Waals surface area contributed by atoms with Gasteiger partial charge in [0.1, 0.15) is 10.6 Å². The van der Waals surface area contributed by atoms with Crippen molar-refractivity contribution in [2.24, 2.45) is 0 Å². The second kappa shape index (κ2) is 10.8. The number of nitrogens with zero attached hydrogens (tertiary/aromatic N) is 4. The van der Waals surface area contributed by atoms with Gasteiger partial charge in [0, 0.05) is 23.7 Å². The number of nitrogens with one attached hydrogen (secondary N) is 2. The molecule has 2 aromatic heterocycles. The fourth-order valence-corrected chi connectivity index (χ4v) is 7.01. The maximum absolute atomic E-state index is 13.3. The number of sulfonamides is 1. The van der Waals surface area contributed by atoms with Crippen LogP contribution in [-0.4, -0.2) is 46.9 Å². The van der Waals surface area contributed by atoms with Gasteiger partial charge in [-0.3, -0.25) is 4.68 Å². The van der Waals surface area contributed by atoms with Crippen LogP contribution in [0.25, 0.3) is 16.6 Å². The molecule has 0 aliphatic heterocycles. The summed E-state index contributed by atoms with van der Waals surface area (Å²) < 4.78 is 74.3. The lowest BCUT2D eigenvalue weighted by Gasteiger charge is -2.17. The molecule has 1 atom stereocenters. The summed E-state index contributed by atoms with van der Waals surface area (Å²) in [7, 11) is -3.79. The Morgan fingerprint density at radius 3 is 2.48 bits per heavy atom. The molecule has 0 spiro atoms. The lowest BCUT2D eigenvalue weighted by molar-refractivity contribution is -0.274. The standard InChI is InChI=1S/C27H31F3N6O3S/c1-17(34-40(37,38)26-18(2)33-35(19(26)3)20-7-4-5-8-20)15-31-24-9-6-10-25-23(24)16-32-36(25)21-11-13-22(14-12-21)39-27(28,29)30/h6,9-14,16-17,20,31,34H,4-5,7-8,15H2,1-3H3/t17-/m0/s1. The SMILES string of the molecule is Cc1nn(C2CCCC2)c(C)c1S(=O)(=O)N[C@@H](C)CNc1cccc2c1cnn2-c1ccc(OC(F)(F)F)cc1. The highest BCUT2D eigenvalue weighted by Gasteiger charge is 2.31. The van der Waals surface area contributed by atoms with E-state index in [0.29, 0.717) is 23.6 Å². The topological polar surface area (TPSA) is 103 Å². The molecule has 214 valence electrons. The molecule has 1 aliphatic carbocycles.